The van der Waals surface area contributed by atoms with E-state index in [-0.39, 0.29) is 24.0 Å². The maximum atomic E-state index is 12.2. The Morgan fingerprint density at radius 1 is 1.21 bits per heavy atom. The highest BCUT2D eigenvalue weighted by Gasteiger charge is 2.15. The molecule has 1 amide bonds. The molecule has 150 valence electrons. The molecule has 8 nitrogen and oxygen atoms in total. The number of carbonyl (C=O) groups is 2. The third-order valence-corrected chi connectivity index (χ3v) is 4.64. The van der Waals surface area contributed by atoms with Crippen LogP contribution in [-0.4, -0.2) is 55.0 Å². The molecule has 1 aromatic carbocycles. The van der Waals surface area contributed by atoms with Gasteiger partial charge in [0.15, 0.2) is 28.7 Å². The van der Waals surface area contributed by atoms with Gasteiger partial charge in [0, 0.05) is 24.7 Å². The number of nitrogens with one attached hydrogen (secondary N) is 1. The molecule has 8 heteroatoms. The maximum absolute atomic E-state index is 12.2. The van der Waals surface area contributed by atoms with E-state index in [4.69, 9.17) is 14.0 Å². The van der Waals surface area contributed by atoms with E-state index >= 15 is 0 Å². The largest absolute Gasteiger partial charge is 0.493 e. The highest BCUT2D eigenvalue weighted by atomic mass is 16.5. The number of likely N-dealkylation sites (tertiary alicyclic amines) is 1. The van der Waals surface area contributed by atoms with Crippen LogP contribution in [0, 0.1) is 0 Å². The minimum absolute atomic E-state index is 0.0551. The first-order chi connectivity index (χ1) is 13.6. The monoisotopic (exact) mass is 387 g/mol. The van der Waals surface area contributed by atoms with Gasteiger partial charge in [-0.05, 0) is 51.1 Å². The SMILES string of the molecule is COc1cc(C(C)=O)ccc1OCc1cc(C(=O)NCCN2CCCC2)no1. The van der Waals surface area contributed by atoms with Gasteiger partial charge < -0.3 is 24.2 Å². The number of nitrogens with zero attached hydrogens (tertiary/aromatic N) is 2. The van der Waals surface area contributed by atoms with Gasteiger partial charge in [0.2, 0.25) is 0 Å². The Bertz CT molecular complexity index is 827. The van der Waals surface area contributed by atoms with Crippen LogP contribution < -0.4 is 14.8 Å². The van der Waals surface area contributed by atoms with Gasteiger partial charge >= 0.3 is 0 Å². The lowest BCUT2D eigenvalue weighted by Gasteiger charge is -2.14. The van der Waals surface area contributed by atoms with E-state index in [0.717, 1.165) is 19.6 Å². The molecule has 0 bridgehead atoms. The molecule has 2 heterocycles. The van der Waals surface area contributed by atoms with Crippen molar-refractivity contribution in [2.45, 2.75) is 26.4 Å². The second-order valence-corrected chi connectivity index (χ2v) is 6.69. The fourth-order valence-electron chi connectivity index (χ4n) is 3.07. The van der Waals surface area contributed by atoms with Crippen LogP contribution in [0.3, 0.4) is 0 Å². The van der Waals surface area contributed by atoms with Crippen LogP contribution in [0.2, 0.25) is 0 Å². The van der Waals surface area contributed by atoms with E-state index in [9.17, 15) is 9.59 Å². The second kappa shape index (κ2) is 9.36. The van der Waals surface area contributed by atoms with Crippen LogP contribution in [0.15, 0.2) is 28.8 Å². The number of benzene rings is 1. The van der Waals surface area contributed by atoms with Gasteiger partial charge in [-0.1, -0.05) is 5.16 Å². The topological polar surface area (TPSA) is 93.9 Å². The Morgan fingerprint density at radius 3 is 2.71 bits per heavy atom. The molecule has 0 spiro atoms. The Balaban J connectivity index is 1.51. The summed E-state index contributed by atoms with van der Waals surface area (Å²) >= 11 is 0. The first kappa shape index (κ1) is 19.9. The van der Waals surface area contributed by atoms with Crippen molar-refractivity contribution in [3.8, 4) is 11.5 Å². The summed E-state index contributed by atoms with van der Waals surface area (Å²) in [4.78, 5) is 25.9. The summed E-state index contributed by atoms with van der Waals surface area (Å²) in [6.07, 6.45) is 2.45. The van der Waals surface area contributed by atoms with Crippen molar-refractivity contribution in [2.24, 2.45) is 0 Å². The number of ether oxygens (including phenoxy) is 2. The number of rotatable bonds is 9. The van der Waals surface area contributed by atoms with Gasteiger partial charge in [-0.25, -0.2) is 0 Å². The predicted octanol–water partition coefficient (Wildman–Crippen LogP) is 2.29. The van der Waals surface area contributed by atoms with Gasteiger partial charge in [0.05, 0.1) is 7.11 Å². The average Bonchev–Trinajstić information content (AvgIpc) is 3.38. The molecule has 0 atom stereocenters. The molecule has 0 saturated carbocycles. The summed E-state index contributed by atoms with van der Waals surface area (Å²) in [6, 6.07) is 6.51. The molecular weight excluding hydrogens is 362 g/mol. The molecule has 1 saturated heterocycles. The number of carbonyl (C=O) groups excluding carboxylic acids is 2. The third-order valence-electron chi connectivity index (χ3n) is 4.64. The molecule has 28 heavy (non-hydrogen) atoms. The summed E-state index contributed by atoms with van der Waals surface area (Å²) < 4.78 is 16.1. The lowest BCUT2D eigenvalue weighted by molar-refractivity contribution is 0.0939. The molecule has 1 fully saturated rings. The highest BCUT2D eigenvalue weighted by molar-refractivity contribution is 5.94. The van der Waals surface area contributed by atoms with Crippen LogP contribution in [0.25, 0.3) is 0 Å². The third kappa shape index (κ3) is 5.10. The van der Waals surface area contributed by atoms with Crippen molar-refractivity contribution in [1.82, 2.24) is 15.4 Å². The van der Waals surface area contributed by atoms with Crippen LogP contribution >= 0.6 is 0 Å². The summed E-state index contributed by atoms with van der Waals surface area (Å²) in [5, 5.41) is 6.65. The van der Waals surface area contributed by atoms with E-state index < -0.39 is 0 Å². The maximum Gasteiger partial charge on any atom is 0.273 e. The van der Waals surface area contributed by atoms with Crippen LogP contribution in [0.1, 0.15) is 46.4 Å². The second-order valence-electron chi connectivity index (χ2n) is 6.69. The summed E-state index contributed by atoms with van der Waals surface area (Å²) in [5.41, 5.74) is 0.760. The van der Waals surface area contributed by atoms with E-state index in [1.54, 1.807) is 24.3 Å². The minimum atomic E-state index is -0.266. The zero-order valence-electron chi connectivity index (χ0n) is 16.2. The first-order valence-corrected chi connectivity index (χ1v) is 9.34. The minimum Gasteiger partial charge on any atom is -0.493 e. The van der Waals surface area contributed by atoms with Crippen molar-refractivity contribution in [2.75, 3.05) is 33.3 Å². The first-order valence-electron chi connectivity index (χ1n) is 9.34. The standard InChI is InChI=1S/C20H25N3O5/c1-14(24)15-5-6-18(19(11-15)26-2)27-13-16-12-17(22-28-16)20(25)21-7-10-23-8-3-4-9-23/h5-6,11-12H,3-4,7-10,13H2,1-2H3,(H,21,25). The van der Waals surface area contributed by atoms with E-state index in [2.05, 4.69) is 15.4 Å². The molecule has 1 aliphatic rings. The smallest absolute Gasteiger partial charge is 0.273 e. The van der Waals surface area contributed by atoms with Crippen molar-refractivity contribution in [1.29, 1.82) is 0 Å². The summed E-state index contributed by atoms with van der Waals surface area (Å²) in [6.45, 7) is 5.19. The average molecular weight is 387 g/mol. The van der Waals surface area contributed by atoms with Gasteiger partial charge in [-0.3, -0.25) is 9.59 Å². The molecule has 0 radical (unpaired) electrons. The van der Waals surface area contributed by atoms with Gasteiger partial charge in [-0.15, -0.1) is 0 Å². The number of hydrogen-bond acceptors (Lipinski definition) is 7. The molecule has 1 aromatic heterocycles. The van der Waals surface area contributed by atoms with Crippen molar-refractivity contribution in [3.63, 3.8) is 0 Å². The highest BCUT2D eigenvalue weighted by Crippen LogP contribution is 2.29. The lowest BCUT2D eigenvalue weighted by atomic mass is 10.1. The number of hydrogen-bond donors (Lipinski definition) is 1. The molecule has 0 aliphatic carbocycles. The quantitative estimate of drug-likeness (QED) is 0.660. The van der Waals surface area contributed by atoms with E-state index in [1.807, 2.05) is 0 Å². The number of Topliss-reactive ketones (excluding diaryl/α,β-unsaturated/α-hetero) is 1. The molecule has 2 aromatic rings. The number of aromatic nitrogens is 1. The lowest BCUT2D eigenvalue weighted by Crippen LogP contribution is -2.33. The van der Waals surface area contributed by atoms with Gasteiger partial charge in [-0.2, -0.15) is 0 Å². The molecule has 1 N–H and O–H groups in total. The molecule has 0 unspecified atom stereocenters. The van der Waals surface area contributed by atoms with Crippen LogP contribution in [-0.2, 0) is 6.61 Å². The zero-order valence-corrected chi connectivity index (χ0v) is 16.2. The summed E-state index contributed by atoms with van der Waals surface area (Å²) in [5.74, 6) is 1.02. The van der Waals surface area contributed by atoms with E-state index in [1.165, 1.54) is 26.9 Å². The number of amides is 1. The van der Waals surface area contributed by atoms with Crippen LogP contribution in [0.4, 0.5) is 0 Å². The fraction of sp³-hybridized carbons (Fsp3) is 0.450. The molecule has 1 aliphatic heterocycles. The van der Waals surface area contributed by atoms with Crippen molar-refractivity contribution >= 4 is 11.7 Å². The van der Waals surface area contributed by atoms with Crippen molar-refractivity contribution in [3.05, 3.63) is 41.3 Å². The van der Waals surface area contributed by atoms with Gasteiger partial charge in [0.25, 0.3) is 5.91 Å². The van der Waals surface area contributed by atoms with Gasteiger partial charge in [0.1, 0.15) is 6.61 Å². The summed E-state index contributed by atoms with van der Waals surface area (Å²) in [7, 11) is 1.51. The molecular formula is C20H25N3O5. The zero-order chi connectivity index (χ0) is 19.9. The van der Waals surface area contributed by atoms with Crippen molar-refractivity contribution < 1.29 is 23.6 Å². The normalized spacial score (nSPS) is 14.1. The Hall–Kier alpha value is -2.87. The Morgan fingerprint density at radius 2 is 2.00 bits per heavy atom. The predicted molar refractivity (Wildman–Crippen MR) is 102 cm³/mol. The molecule has 3 rings (SSSR count). The Kier molecular flexibility index (Phi) is 6.65. The van der Waals surface area contributed by atoms with E-state index in [0.29, 0.717) is 29.4 Å². The number of methoxy groups -OCH3 is 1. The Labute approximate surface area is 163 Å². The van der Waals surface area contributed by atoms with Crippen LogP contribution in [0.5, 0.6) is 11.5 Å². The number of ketones is 1. The fourth-order valence-corrected chi connectivity index (χ4v) is 3.07.